The van der Waals surface area contributed by atoms with E-state index >= 15 is 0 Å². The molecule has 0 fully saturated rings. The van der Waals surface area contributed by atoms with Gasteiger partial charge in [0.05, 0.1) is 5.52 Å². The number of aliphatic hydroxyl groups is 1. The van der Waals surface area contributed by atoms with E-state index in [1.54, 1.807) is 0 Å². The van der Waals surface area contributed by atoms with E-state index in [0.717, 1.165) is 35.9 Å². The molecule has 1 aliphatic rings. The Labute approximate surface area is 125 Å². The summed E-state index contributed by atoms with van der Waals surface area (Å²) in [6.07, 6.45) is 4.26. The van der Waals surface area contributed by atoms with Crippen molar-refractivity contribution >= 4 is 23.2 Å². The Hall–Kier alpha value is -1.79. The average Bonchev–Trinajstić information content (AvgIpc) is 3.20. The fraction of sp³-hybridized carbons (Fsp3) is 0.267. The number of aryl methyl sites for hydroxylation is 2. The molecule has 21 heavy (non-hydrogen) atoms. The Balaban J connectivity index is 1.90. The predicted molar refractivity (Wildman–Crippen MR) is 80.6 cm³/mol. The maximum absolute atomic E-state index is 12.9. The third-order valence-electron chi connectivity index (χ3n) is 4.10. The number of hydrogen-bond acceptors (Lipinski definition) is 3. The number of fused-ring (bicyclic) bond motifs is 3. The smallest absolute Gasteiger partial charge is 0.170 e. The summed E-state index contributed by atoms with van der Waals surface area (Å²) in [6.45, 7) is 0.967. The number of para-hydroxylation sites is 1. The summed E-state index contributed by atoms with van der Waals surface area (Å²) in [5.74, 6) is 0.309. The van der Waals surface area contributed by atoms with Gasteiger partial charge in [0.15, 0.2) is 18.2 Å². The molecule has 1 unspecified atom stereocenters. The molecule has 4 nitrogen and oxygen atoms in total. The molecule has 0 amide bonds. The van der Waals surface area contributed by atoms with Crippen LogP contribution in [0.1, 0.15) is 29.6 Å². The van der Waals surface area contributed by atoms with Crippen molar-refractivity contribution in [1.29, 1.82) is 0 Å². The third kappa shape index (κ3) is 1.90. The van der Waals surface area contributed by atoms with E-state index in [4.69, 9.17) is 0 Å². The van der Waals surface area contributed by atoms with Crippen molar-refractivity contribution in [3.05, 3.63) is 53.7 Å². The van der Waals surface area contributed by atoms with E-state index < -0.39 is 6.10 Å². The second kappa shape index (κ2) is 4.89. The average molecular weight is 303 g/mol. The van der Waals surface area contributed by atoms with Crippen LogP contribution in [0.5, 0.6) is 0 Å². The highest BCUT2D eigenvalue weighted by molar-refractivity contribution is 7.92. The molecule has 0 aliphatic carbocycles. The number of halogens is 1. The van der Waals surface area contributed by atoms with Crippen LogP contribution in [0.15, 0.2) is 36.7 Å². The van der Waals surface area contributed by atoms with Gasteiger partial charge in [-0.05, 0) is 18.9 Å². The zero-order valence-electron chi connectivity index (χ0n) is 11.2. The van der Waals surface area contributed by atoms with Crippen molar-refractivity contribution in [1.82, 2.24) is 13.5 Å². The van der Waals surface area contributed by atoms with Gasteiger partial charge in [-0.3, -0.25) is 0 Å². The van der Waals surface area contributed by atoms with E-state index in [1.807, 2.05) is 18.2 Å². The van der Waals surface area contributed by atoms with Crippen molar-refractivity contribution in [3.8, 4) is 0 Å². The molecule has 0 saturated carbocycles. The van der Waals surface area contributed by atoms with Gasteiger partial charge in [0.25, 0.3) is 0 Å². The van der Waals surface area contributed by atoms with E-state index in [0.29, 0.717) is 5.82 Å². The first-order valence-corrected chi connectivity index (χ1v) is 7.58. The van der Waals surface area contributed by atoms with Crippen molar-refractivity contribution in [2.45, 2.75) is 25.5 Å². The summed E-state index contributed by atoms with van der Waals surface area (Å²) in [4.78, 5) is 4.09. The maximum atomic E-state index is 12.9. The molecule has 6 heteroatoms. The highest BCUT2D eigenvalue weighted by Gasteiger charge is 2.23. The molecule has 1 aromatic carbocycles. The quantitative estimate of drug-likeness (QED) is 0.807. The van der Waals surface area contributed by atoms with Gasteiger partial charge in [0.2, 0.25) is 0 Å². The SMILES string of the molecule is OC(c1cccc2cc3n(c12)CCC3)c1nccn1SF. The molecule has 108 valence electrons. The van der Waals surface area contributed by atoms with Crippen LogP contribution in [-0.2, 0) is 13.0 Å². The Morgan fingerprint density at radius 1 is 1.38 bits per heavy atom. The molecule has 0 bridgehead atoms. The molecule has 3 heterocycles. The zero-order chi connectivity index (χ0) is 14.4. The Bertz CT molecular complexity index is 810. The molecule has 0 spiro atoms. The minimum absolute atomic E-state index is 0.0453. The summed E-state index contributed by atoms with van der Waals surface area (Å²) in [5.41, 5.74) is 3.12. The van der Waals surface area contributed by atoms with Crippen LogP contribution in [0.3, 0.4) is 0 Å². The third-order valence-corrected chi connectivity index (χ3v) is 4.56. The molecule has 0 saturated heterocycles. The summed E-state index contributed by atoms with van der Waals surface area (Å²) in [5, 5.41) is 11.8. The largest absolute Gasteiger partial charge is 0.380 e. The summed E-state index contributed by atoms with van der Waals surface area (Å²) < 4.78 is 16.4. The van der Waals surface area contributed by atoms with Gasteiger partial charge in [-0.25, -0.2) is 8.96 Å². The first-order chi connectivity index (χ1) is 10.3. The van der Waals surface area contributed by atoms with E-state index in [2.05, 4.69) is 15.6 Å². The Kier molecular flexibility index (Phi) is 3.01. The second-order valence-corrected chi connectivity index (χ2v) is 5.79. The molecular formula is C15H14FN3OS. The van der Waals surface area contributed by atoms with Gasteiger partial charge in [0, 0.05) is 35.6 Å². The number of imidazole rings is 1. The topological polar surface area (TPSA) is 43.0 Å². The van der Waals surface area contributed by atoms with Gasteiger partial charge < -0.3 is 9.67 Å². The highest BCUT2D eigenvalue weighted by atomic mass is 32.2. The maximum Gasteiger partial charge on any atom is 0.170 e. The van der Waals surface area contributed by atoms with Gasteiger partial charge >= 0.3 is 0 Å². The molecule has 1 atom stereocenters. The van der Waals surface area contributed by atoms with E-state index in [-0.39, 0.29) is 12.3 Å². The number of aromatic nitrogens is 3. The van der Waals surface area contributed by atoms with Gasteiger partial charge in [-0.1, -0.05) is 18.2 Å². The monoisotopic (exact) mass is 303 g/mol. The van der Waals surface area contributed by atoms with Crippen LogP contribution in [0.2, 0.25) is 0 Å². The summed E-state index contributed by atoms with van der Waals surface area (Å²) in [7, 11) is 0. The lowest BCUT2D eigenvalue weighted by Crippen LogP contribution is -2.08. The highest BCUT2D eigenvalue weighted by Crippen LogP contribution is 2.34. The molecule has 1 aliphatic heterocycles. The number of nitrogens with zero attached hydrogens (tertiary/aromatic N) is 3. The fourth-order valence-electron chi connectivity index (χ4n) is 3.20. The van der Waals surface area contributed by atoms with Crippen LogP contribution in [-0.4, -0.2) is 18.6 Å². The first kappa shape index (κ1) is 12.9. The Morgan fingerprint density at radius 3 is 3.14 bits per heavy atom. The van der Waals surface area contributed by atoms with Crippen molar-refractivity contribution < 1.29 is 8.99 Å². The molecular weight excluding hydrogens is 289 g/mol. The minimum atomic E-state index is -0.938. The molecule has 4 rings (SSSR count). The van der Waals surface area contributed by atoms with Crippen molar-refractivity contribution in [3.63, 3.8) is 0 Å². The minimum Gasteiger partial charge on any atom is -0.380 e. The summed E-state index contributed by atoms with van der Waals surface area (Å²) >= 11 is 0.0453. The van der Waals surface area contributed by atoms with E-state index in [1.165, 1.54) is 22.1 Å². The van der Waals surface area contributed by atoms with E-state index in [9.17, 15) is 8.99 Å². The summed E-state index contributed by atoms with van der Waals surface area (Å²) in [6, 6.07) is 8.04. The van der Waals surface area contributed by atoms with Crippen LogP contribution in [0, 0.1) is 0 Å². The second-order valence-electron chi connectivity index (χ2n) is 5.26. The molecule has 0 radical (unpaired) electrons. The van der Waals surface area contributed by atoms with Crippen LogP contribution < -0.4 is 0 Å². The van der Waals surface area contributed by atoms with Crippen LogP contribution in [0.25, 0.3) is 10.9 Å². The number of aliphatic hydroxyl groups excluding tert-OH is 1. The Morgan fingerprint density at radius 2 is 2.29 bits per heavy atom. The first-order valence-electron chi connectivity index (χ1n) is 6.91. The predicted octanol–water partition coefficient (Wildman–Crippen LogP) is 3.25. The number of rotatable bonds is 3. The van der Waals surface area contributed by atoms with Crippen molar-refractivity contribution in [2.75, 3.05) is 0 Å². The lowest BCUT2D eigenvalue weighted by molar-refractivity contribution is 0.211. The standard InChI is InChI=1S/C15H14FN3OS/c16-21-19-8-6-17-15(19)14(20)12-5-1-3-10-9-11-4-2-7-18(11)13(10)12/h1,3,5-6,8-9,14,20H,2,4,7H2. The van der Waals surface area contributed by atoms with Gasteiger partial charge in [0.1, 0.15) is 6.10 Å². The van der Waals surface area contributed by atoms with Gasteiger partial charge in [-0.15, -0.1) is 3.89 Å². The van der Waals surface area contributed by atoms with Crippen LogP contribution >= 0.6 is 12.3 Å². The van der Waals surface area contributed by atoms with Crippen molar-refractivity contribution in [2.24, 2.45) is 0 Å². The van der Waals surface area contributed by atoms with Gasteiger partial charge in [-0.2, -0.15) is 0 Å². The zero-order valence-corrected chi connectivity index (χ0v) is 12.1. The number of benzene rings is 1. The molecule has 3 aromatic rings. The molecule has 2 aromatic heterocycles. The van der Waals surface area contributed by atoms with Crippen LogP contribution in [0.4, 0.5) is 3.89 Å². The fourth-order valence-corrected chi connectivity index (χ4v) is 3.52. The normalized spacial score (nSPS) is 15.5. The molecule has 1 N–H and O–H groups in total. The lowest BCUT2D eigenvalue weighted by Gasteiger charge is -2.14. The lowest BCUT2D eigenvalue weighted by atomic mass is 10.1. The number of hydrogen-bond donors (Lipinski definition) is 1.